The summed E-state index contributed by atoms with van der Waals surface area (Å²) in [7, 11) is 0. The Balaban J connectivity index is 1.35. The SMILES string of the molecule is CCOC(=O)C1CCN(C(=O)[C@@H]2Cc3ccccc3N3CCN(c4ccccc4)C[C@@H]23)CC1. The van der Waals surface area contributed by atoms with Gasteiger partial charge in [-0.15, -0.1) is 0 Å². The second-order valence-electron chi connectivity index (χ2n) is 9.33. The first-order chi connectivity index (χ1) is 16.2. The molecule has 3 heterocycles. The maximum atomic E-state index is 13.8. The highest BCUT2D eigenvalue weighted by atomic mass is 16.5. The minimum absolute atomic E-state index is 0.0782. The second-order valence-corrected chi connectivity index (χ2v) is 9.33. The Labute approximate surface area is 196 Å². The second kappa shape index (κ2) is 9.46. The molecule has 2 fully saturated rings. The number of likely N-dealkylation sites (tertiary alicyclic amines) is 1. The van der Waals surface area contributed by atoms with Crippen molar-refractivity contribution in [3.05, 3.63) is 60.2 Å². The lowest BCUT2D eigenvalue weighted by Crippen LogP contribution is -2.62. The summed E-state index contributed by atoms with van der Waals surface area (Å²) >= 11 is 0. The van der Waals surface area contributed by atoms with Crippen molar-refractivity contribution in [2.24, 2.45) is 11.8 Å². The first-order valence-electron chi connectivity index (χ1n) is 12.3. The van der Waals surface area contributed by atoms with E-state index in [1.165, 1.54) is 16.9 Å². The molecule has 2 aromatic rings. The minimum Gasteiger partial charge on any atom is -0.466 e. The van der Waals surface area contributed by atoms with Gasteiger partial charge in [-0.25, -0.2) is 0 Å². The molecule has 2 atom stereocenters. The Kier molecular flexibility index (Phi) is 6.25. The number of benzene rings is 2. The first kappa shape index (κ1) is 21.8. The number of hydrogen-bond donors (Lipinski definition) is 0. The standard InChI is InChI=1S/C27H33N3O3/c1-2-33-27(32)20-12-14-28(15-13-20)26(31)23-18-21-8-6-7-11-24(21)30-17-16-29(19-25(23)30)22-9-4-3-5-10-22/h3-11,20,23,25H,2,12-19H2,1H3/t23-,25+/m1/s1. The van der Waals surface area contributed by atoms with Gasteiger partial charge in [-0.05, 0) is 49.9 Å². The molecule has 174 valence electrons. The number of hydrogen-bond acceptors (Lipinski definition) is 5. The molecule has 0 radical (unpaired) electrons. The largest absolute Gasteiger partial charge is 0.466 e. The molecule has 6 heteroatoms. The number of ether oxygens (including phenoxy) is 1. The van der Waals surface area contributed by atoms with Crippen LogP contribution in [0.1, 0.15) is 25.3 Å². The van der Waals surface area contributed by atoms with Crippen LogP contribution in [0.5, 0.6) is 0 Å². The molecular weight excluding hydrogens is 414 g/mol. The normalized spacial score (nSPS) is 23.0. The summed E-state index contributed by atoms with van der Waals surface area (Å²) in [4.78, 5) is 32.8. The number of carbonyl (C=O) groups excluding carboxylic acids is 2. The molecule has 1 amide bonds. The quantitative estimate of drug-likeness (QED) is 0.673. The molecule has 0 saturated carbocycles. The summed E-state index contributed by atoms with van der Waals surface area (Å²) in [6.45, 7) is 6.21. The number of para-hydroxylation sites is 2. The highest BCUT2D eigenvalue weighted by Gasteiger charge is 2.43. The van der Waals surface area contributed by atoms with Crippen molar-refractivity contribution in [1.82, 2.24) is 4.90 Å². The van der Waals surface area contributed by atoms with Crippen molar-refractivity contribution in [1.29, 1.82) is 0 Å². The molecular formula is C27H33N3O3. The van der Waals surface area contributed by atoms with Crippen molar-refractivity contribution in [3.63, 3.8) is 0 Å². The number of amides is 1. The molecule has 33 heavy (non-hydrogen) atoms. The molecule has 3 aliphatic heterocycles. The third-order valence-electron chi connectivity index (χ3n) is 7.49. The third-order valence-corrected chi connectivity index (χ3v) is 7.49. The molecule has 0 aliphatic carbocycles. The van der Waals surface area contributed by atoms with E-state index in [9.17, 15) is 9.59 Å². The summed E-state index contributed by atoms with van der Waals surface area (Å²) in [6.07, 6.45) is 2.16. The van der Waals surface area contributed by atoms with Crippen LogP contribution in [0, 0.1) is 11.8 Å². The van der Waals surface area contributed by atoms with Crippen LogP contribution in [0.15, 0.2) is 54.6 Å². The number of nitrogens with zero attached hydrogens (tertiary/aromatic N) is 3. The first-order valence-corrected chi connectivity index (χ1v) is 12.3. The molecule has 0 bridgehead atoms. The van der Waals surface area contributed by atoms with Gasteiger partial charge in [0.15, 0.2) is 0 Å². The number of piperazine rings is 1. The fourth-order valence-electron chi connectivity index (χ4n) is 5.75. The van der Waals surface area contributed by atoms with Gasteiger partial charge in [0.25, 0.3) is 0 Å². The van der Waals surface area contributed by atoms with Crippen LogP contribution in [0.2, 0.25) is 0 Å². The number of carbonyl (C=O) groups is 2. The van der Waals surface area contributed by atoms with Gasteiger partial charge in [-0.1, -0.05) is 36.4 Å². The Morgan fingerprint density at radius 3 is 2.42 bits per heavy atom. The topological polar surface area (TPSA) is 53.1 Å². The van der Waals surface area contributed by atoms with E-state index in [0.29, 0.717) is 32.5 Å². The maximum Gasteiger partial charge on any atom is 0.309 e. The molecule has 5 rings (SSSR count). The van der Waals surface area contributed by atoms with Crippen molar-refractivity contribution in [2.45, 2.75) is 32.2 Å². The van der Waals surface area contributed by atoms with E-state index >= 15 is 0 Å². The van der Waals surface area contributed by atoms with Gasteiger partial charge in [0, 0.05) is 44.1 Å². The number of piperidine rings is 1. The lowest BCUT2D eigenvalue weighted by atomic mass is 9.82. The molecule has 6 nitrogen and oxygen atoms in total. The van der Waals surface area contributed by atoms with Gasteiger partial charge < -0.3 is 19.4 Å². The lowest BCUT2D eigenvalue weighted by Gasteiger charge is -2.50. The number of rotatable bonds is 4. The van der Waals surface area contributed by atoms with Gasteiger partial charge in [-0.2, -0.15) is 0 Å². The summed E-state index contributed by atoms with van der Waals surface area (Å²) in [6, 6.07) is 19.2. The van der Waals surface area contributed by atoms with Crippen LogP contribution >= 0.6 is 0 Å². The summed E-state index contributed by atoms with van der Waals surface area (Å²) in [5.74, 6) is -0.0451. The molecule has 2 saturated heterocycles. The molecule has 0 N–H and O–H groups in total. The van der Waals surface area contributed by atoms with E-state index < -0.39 is 0 Å². The summed E-state index contributed by atoms with van der Waals surface area (Å²) < 4.78 is 5.20. The van der Waals surface area contributed by atoms with E-state index in [1.807, 2.05) is 17.9 Å². The zero-order valence-electron chi connectivity index (χ0n) is 19.4. The molecule has 0 unspecified atom stereocenters. The van der Waals surface area contributed by atoms with E-state index in [4.69, 9.17) is 4.74 Å². The Morgan fingerprint density at radius 1 is 0.939 bits per heavy atom. The van der Waals surface area contributed by atoms with Crippen LogP contribution in [-0.2, 0) is 20.7 Å². The van der Waals surface area contributed by atoms with Crippen molar-refractivity contribution in [2.75, 3.05) is 49.1 Å². The molecule has 3 aliphatic rings. The van der Waals surface area contributed by atoms with E-state index in [-0.39, 0.29) is 29.8 Å². The predicted molar refractivity (Wildman–Crippen MR) is 129 cm³/mol. The van der Waals surface area contributed by atoms with Crippen molar-refractivity contribution >= 4 is 23.3 Å². The van der Waals surface area contributed by atoms with Crippen LogP contribution in [-0.4, -0.2) is 62.1 Å². The smallest absolute Gasteiger partial charge is 0.309 e. The Bertz CT molecular complexity index is 987. The summed E-state index contributed by atoms with van der Waals surface area (Å²) in [5.41, 5.74) is 3.76. The molecule has 0 aromatic heterocycles. The highest BCUT2D eigenvalue weighted by molar-refractivity contribution is 5.83. The lowest BCUT2D eigenvalue weighted by molar-refractivity contribution is -0.152. The fraction of sp³-hybridized carbons (Fsp3) is 0.481. The van der Waals surface area contributed by atoms with E-state index in [0.717, 1.165) is 26.1 Å². The third kappa shape index (κ3) is 4.31. The Hall–Kier alpha value is -3.02. The number of esters is 1. The fourth-order valence-corrected chi connectivity index (χ4v) is 5.75. The van der Waals surface area contributed by atoms with E-state index in [1.54, 1.807) is 0 Å². The average molecular weight is 448 g/mol. The van der Waals surface area contributed by atoms with Gasteiger partial charge in [0.2, 0.25) is 5.91 Å². The van der Waals surface area contributed by atoms with Crippen LogP contribution in [0.3, 0.4) is 0 Å². The van der Waals surface area contributed by atoms with Crippen molar-refractivity contribution < 1.29 is 14.3 Å². The summed E-state index contributed by atoms with van der Waals surface area (Å²) in [5, 5.41) is 0. The van der Waals surface area contributed by atoms with Crippen LogP contribution in [0.4, 0.5) is 11.4 Å². The van der Waals surface area contributed by atoms with Gasteiger partial charge in [0.05, 0.1) is 24.5 Å². The highest BCUT2D eigenvalue weighted by Crippen LogP contribution is 2.38. The van der Waals surface area contributed by atoms with E-state index in [2.05, 4.69) is 58.3 Å². The monoisotopic (exact) mass is 447 g/mol. The predicted octanol–water partition coefficient (Wildman–Crippen LogP) is 3.36. The van der Waals surface area contributed by atoms with Gasteiger partial charge >= 0.3 is 5.97 Å². The van der Waals surface area contributed by atoms with Gasteiger partial charge in [0.1, 0.15) is 0 Å². The van der Waals surface area contributed by atoms with Crippen LogP contribution < -0.4 is 9.80 Å². The molecule has 2 aromatic carbocycles. The van der Waals surface area contributed by atoms with Gasteiger partial charge in [-0.3, -0.25) is 9.59 Å². The Morgan fingerprint density at radius 2 is 1.67 bits per heavy atom. The minimum atomic E-state index is -0.117. The van der Waals surface area contributed by atoms with Crippen molar-refractivity contribution in [3.8, 4) is 0 Å². The maximum absolute atomic E-state index is 13.8. The van der Waals surface area contributed by atoms with Crippen LogP contribution in [0.25, 0.3) is 0 Å². The zero-order chi connectivity index (χ0) is 22.8. The number of anilines is 2. The number of fused-ring (bicyclic) bond motifs is 3. The zero-order valence-corrected chi connectivity index (χ0v) is 19.4. The average Bonchev–Trinajstić information content (AvgIpc) is 2.88. The molecule has 0 spiro atoms.